The Morgan fingerprint density at radius 1 is 0.533 bits per heavy atom. The van der Waals surface area contributed by atoms with Crippen LogP contribution in [-0.4, -0.2) is 81.6 Å². The standard InChI is InChI=1S/C44H74O14P2/c1-3-4-5-6-7-8-9-10-12-17-20-23-26-29-32-35-44(48)58-42(39-57-60(52,53)56-37-41(46)36-55-59(49,50)51)38-54-43(47)34-31-28-25-22-19-16-14-11-13-15-18-21-24-27-30-33-40(2)45/h7-8,10,12-16,20-25,40-42,45-46H,3-6,9,11,17-19,26-39H2,1-2H3,(H,52,53)(H2,49,50,51)/b8-7-,12-10-,15-13-,16-14-,23-20-,24-21-,25-22-/t40-,41+,42-/m1/s1. The largest absolute Gasteiger partial charge is 0.472 e. The highest BCUT2D eigenvalue weighted by Crippen LogP contribution is 2.43. The van der Waals surface area contributed by atoms with Crippen molar-refractivity contribution >= 4 is 27.6 Å². The summed E-state index contributed by atoms with van der Waals surface area (Å²) in [5, 5.41) is 19.0. The van der Waals surface area contributed by atoms with E-state index in [9.17, 15) is 33.8 Å². The number of aliphatic hydroxyl groups excluding tert-OH is 2. The van der Waals surface area contributed by atoms with Gasteiger partial charge in [-0.3, -0.25) is 23.2 Å². The highest BCUT2D eigenvalue weighted by molar-refractivity contribution is 7.47. The number of rotatable bonds is 39. The molecule has 0 amide bonds. The highest BCUT2D eigenvalue weighted by Gasteiger charge is 2.28. The molecule has 0 bridgehead atoms. The molecule has 0 heterocycles. The molecule has 16 heteroatoms. The zero-order valence-corrected chi connectivity index (χ0v) is 37.7. The molecule has 60 heavy (non-hydrogen) atoms. The quantitative estimate of drug-likeness (QED) is 0.0168. The molecule has 0 aliphatic heterocycles. The number of hydrogen-bond donors (Lipinski definition) is 5. The zero-order valence-electron chi connectivity index (χ0n) is 35.9. The molecule has 344 valence electrons. The van der Waals surface area contributed by atoms with E-state index >= 15 is 0 Å². The summed E-state index contributed by atoms with van der Waals surface area (Å²) < 4.78 is 47.6. The van der Waals surface area contributed by atoms with Crippen molar-refractivity contribution in [3.63, 3.8) is 0 Å². The maximum atomic E-state index is 12.6. The van der Waals surface area contributed by atoms with E-state index in [0.717, 1.165) is 70.6 Å². The molecule has 0 spiro atoms. The second-order valence-electron chi connectivity index (χ2n) is 14.2. The van der Waals surface area contributed by atoms with Crippen molar-refractivity contribution in [2.45, 2.75) is 154 Å². The summed E-state index contributed by atoms with van der Waals surface area (Å²) in [7, 11) is -9.72. The van der Waals surface area contributed by atoms with Gasteiger partial charge in [-0.15, -0.1) is 0 Å². The van der Waals surface area contributed by atoms with Gasteiger partial charge in [-0.1, -0.05) is 105 Å². The predicted octanol–water partition coefficient (Wildman–Crippen LogP) is 9.75. The summed E-state index contributed by atoms with van der Waals surface area (Å²) in [4.78, 5) is 52.6. The summed E-state index contributed by atoms with van der Waals surface area (Å²) in [6.45, 7) is 1.15. The van der Waals surface area contributed by atoms with Crippen LogP contribution in [0.1, 0.15) is 136 Å². The van der Waals surface area contributed by atoms with E-state index in [1.165, 1.54) is 19.3 Å². The Balaban J connectivity index is 4.70. The van der Waals surface area contributed by atoms with Crippen LogP contribution in [0.2, 0.25) is 0 Å². The first-order valence-corrected chi connectivity index (χ1v) is 24.3. The van der Waals surface area contributed by atoms with Gasteiger partial charge in [-0.2, -0.15) is 0 Å². The molecule has 5 N–H and O–H groups in total. The van der Waals surface area contributed by atoms with Crippen molar-refractivity contribution in [2.75, 3.05) is 26.4 Å². The van der Waals surface area contributed by atoms with Crippen LogP contribution in [0.15, 0.2) is 85.1 Å². The summed E-state index contributed by atoms with van der Waals surface area (Å²) >= 11 is 0. The third-order valence-electron chi connectivity index (χ3n) is 8.26. The number of esters is 2. The first kappa shape index (κ1) is 57.3. The second-order valence-corrected chi connectivity index (χ2v) is 16.9. The Morgan fingerprint density at radius 2 is 0.967 bits per heavy atom. The minimum absolute atomic E-state index is 0.0600. The Kier molecular flexibility index (Phi) is 37.3. The fourth-order valence-corrected chi connectivity index (χ4v) is 6.17. The van der Waals surface area contributed by atoms with E-state index in [-0.39, 0.29) is 18.9 Å². The lowest BCUT2D eigenvalue weighted by Gasteiger charge is -2.20. The molecule has 0 saturated carbocycles. The maximum absolute atomic E-state index is 12.6. The summed E-state index contributed by atoms with van der Waals surface area (Å²) in [5.41, 5.74) is 0. The van der Waals surface area contributed by atoms with Crippen LogP contribution in [0.25, 0.3) is 0 Å². The van der Waals surface area contributed by atoms with Gasteiger partial charge in [0, 0.05) is 12.8 Å². The van der Waals surface area contributed by atoms with Crippen LogP contribution in [0.5, 0.6) is 0 Å². The molecular formula is C44H74O14P2. The third-order valence-corrected chi connectivity index (χ3v) is 9.70. The van der Waals surface area contributed by atoms with Crippen LogP contribution in [0.3, 0.4) is 0 Å². The van der Waals surface area contributed by atoms with Crippen LogP contribution >= 0.6 is 15.6 Å². The third kappa shape index (κ3) is 43.4. The van der Waals surface area contributed by atoms with Crippen LogP contribution in [-0.2, 0) is 41.8 Å². The molecular weight excluding hydrogens is 814 g/mol. The van der Waals surface area contributed by atoms with Gasteiger partial charge in [-0.05, 0) is 103 Å². The van der Waals surface area contributed by atoms with Gasteiger partial charge in [0.05, 0.1) is 25.9 Å². The summed E-state index contributed by atoms with van der Waals surface area (Å²) in [6, 6.07) is 0. The molecule has 0 radical (unpaired) electrons. The highest BCUT2D eigenvalue weighted by atomic mass is 31.2. The SMILES string of the molecule is CCCCC/C=C\C/C=C\C/C=C\CCCCC(=O)O[C@H](COC(=O)CCC/C=C\C/C=C\C/C=C\C/C=C\CCC[C@@H](C)O)COP(=O)(O)OC[C@@H](O)COP(=O)(O)O. The van der Waals surface area contributed by atoms with Gasteiger partial charge >= 0.3 is 27.6 Å². The zero-order chi connectivity index (χ0) is 44.6. The molecule has 0 aromatic heterocycles. The van der Waals surface area contributed by atoms with E-state index in [0.29, 0.717) is 19.3 Å². The normalized spacial score (nSPS) is 15.4. The van der Waals surface area contributed by atoms with Crippen molar-refractivity contribution in [3.8, 4) is 0 Å². The first-order chi connectivity index (χ1) is 28.7. The summed E-state index contributed by atoms with van der Waals surface area (Å²) in [5.74, 6) is -1.17. The number of hydrogen-bond acceptors (Lipinski definition) is 11. The van der Waals surface area contributed by atoms with E-state index < -0.39 is 66.2 Å². The second kappa shape index (κ2) is 39.1. The minimum atomic E-state index is -4.88. The topological polar surface area (TPSA) is 216 Å². The van der Waals surface area contributed by atoms with Gasteiger partial charge in [0.15, 0.2) is 6.10 Å². The van der Waals surface area contributed by atoms with Gasteiger partial charge < -0.3 is 34.4 Å². The van der Waals surface area contributed by atoms with Crippen molar-refractivity contribution in [3.05, 3.63) is 85.1 Å². The molecule has 0 aliphatic rings. The maximum Gasteiger partial charge on any atom is 0.472 e. The molecule has 1 unspecified atom stereocenters. The molecule has 0 aromatic carbocycles. The first-order valence-electron chi connectivity index (χ1n) is 21.3. The van der Waals surface area contributed by atoms with Crippen LogP contribution in [0, 0.1) is 0 Å². The molecule has 0 aliphatic carbocycles. The number of phosphoric acid groups is 2. The van der Waals surface area contributed by atoms with Crippen molar-refractivity contribution < 1.29 is 66.7 Å². The molecule has 0 aromatic rings. The number of carbonyl (C=O) groups excluding carboxylic acids is 2. The Morgan fingerprint density at radius 3 is 1.47 bits per heavy atom. The van der Waals surface area contributed by atoms with E-state index in [1.807, 2.05) is 12.2 Å². The number of carbonyl (C=O) groups is 2. The van der Waals surface area contributed by atoms with Crippen molar-refractivity contribution in [2.24, 2.45) is 0 Å². The Bertz CT molecular complexity index is 1400. The monoisotopic (exact) mass is 888 g/mol. The van der Waals surface area contributed by atoms with Crippen LogP contribution in [0.4, 0.5) is 0 Å². The molecule has 14 nitrogen and oxygen atoms in total. The molecule has 0 fully saturated rings. The lowest BCUT2D eigenvalue weighted by Crippen LogP contribution is -2.29. The number of ether oxygens (including phenoxy) is 2. The van der Waals surface area contributed by atoms with Gasteiger partial charge in [0.1, 0.15) is 12.7 Å². The molecule has 0 rings (SSSR count). The van der Waals surface area contributed by atoms with E-state index in [4.69, 9.17) is 23.8 Å². The lowest BCUT2D eigenvalue weighted by molar-refractivity contribution is -0.161. The van der Waals surface area contributed by atoms with Gasteiger partial charge in [0.2, 0.25) is 0 Å². The van der Waals surface area contributed by atoms with E-state index in [2.05, 4.69) is 88.9 Å². The number of unbranched alkanes of at least 4 members (excludes halogenated alkanes) is 7. The minimum Gasteiger partial charge on any atom is -0.462 e. The van der Waals surface area contributed by atoms with Crippen LogP contribution < -0.4 is 0 Å². The Hall–Kier alpha value is -2.74. The molecule has 4 atom stereocenters. The molecule has 0 saturated heterocycles. The van der Waals surface area contributed by atoms with Gasteiger partial charge in [-0.25, -0.2) is 9.13 Å². The fourth-order valence-electron chi connectivity index (χ4n) is 5.01. The van der Waals surface area contributed by atoms with E-state index in [1.54, 1.807) is 6.92 Å². The Labute approximate surface area is 359 Å². The predicted molar refractivity (Wildman–Crippen MR) is 236 cm³/mol. The average molecular weight is 889 g/mol. The number of aliphatic hydroxyl groups is 2. The van der Waals surface area contributed by atoms with Gasteiger partial charge in [0.25, 0.3) is 0 Å². The average Bonchev–Trinajstić information content (AvgIpc) is 3.19. The number of phosphoric ester groups is 2. The smallest absolute Gasteiger partial charge is 0.462 e. The van der Waals surface area contributed by atoms with Crippen molar-refractivity contribution in [1.29, 1.82) is 0 Å². The van der Waals surface area contributed by atoms with Crippen molar-refractivity contribution in [1.82, 2.24) is 0 Å². The lowest BCUT2D eigenvalue weighted by atomic mass is 10.1. The number of allylic oxidation sites excluding steroid dienone is 14. The fraction of sp³-hybridized carbons (Fsp3) is 0.636. The summed E-state index contributed by atoms with van der Waals surface area (Å²) in [6.07, 6.45) is 41.5.